The Hall–Kier alpha value is -2.41. The van der Waals surface area contributed by atoms with Gasteiger partial charge in [-0.2, -0.15) is 0 Å². The fraction of sp³-hybridized carbons (Fsp3) is 0.316. The van der Waals surface area contributed by atoms with E-state index >= 15 is 0 Å². The fourth-order valence-corrected chi connectivity index (χ4v) is 3.85. The van der Waals surface area contributed by atoms with E-state index in [4.69, 9.17) is 9.47 Å². The molecule has 6 nitrogen and oxygen atoms in total. The summed E-state index contributed by atoms with van der Waals surface area (Å²) in [7, 11) is 3.00. The molecule has 0 aromatic heterocycles. The molecule has 0 aliphatic carbocycles. The number of halogens is 1. The normalized spacial score (nSPS) is 16.1. The number of amides is 1. The summed E-state index contributed by atoms with van der Waals surface area (Å²) in [6.45, 7) is 0.578. The third-order valence-electron chi connectivity index (χ3n) is 4.74. The maximum Gasteiger partial charge on any atom is 0.210 e. The highest BCUT2D eigenvalue weighted by Gasteiger charge is 2.29. The van der Waals surface area contributed by atoms with Crippen molar-refractivity contribution in [1.82, 2.24) is 4.90 Å². The molecule has 1 atom stereocenters. The van der Waals surface area contributed by atoms with Gasteiger partial charge >= 0.3 is 0 Å². The Morgan fingerprint density at radius 2 is 1.81 bits per heavy atom. The van der Waals surface area contributed by atoms with Crippen molar-refractivity contribution in [3.63, 3.8) is 0 Å². The zero-order valence-corrected chi connectivity index (χ0v) is 16.1. The van der Waals surface area contributed by atoms with Gasteiger partial charge in [-0.05, 0) is 53.8 Å². The molecule has 0 saturated heterocycles. The van der Waals surface area contributed by atoms with E-state index in [0.29, 0.717) is 30.9 Å². The van der Waals surface area contributed by atoms with Gasteiger partial charge in [0.1, 0.15) is 0 Å². The smallest absolute Gasteiger partial charge is 0.210 e. The Labute approximate surface area is 160 Å². The van der Waals surface area contributed by atoms with Gasteiger partial charge in [-0.3, -0.25) is 4.79 Å². The molecule has 1 aliphatic heterocycles. The summed E-state index contributed by atoms with van der Waals surface area (Å²) < 4.78 is 11.1. The molecule has 0 spiro atoms. The Balaban J connectivity index is 2.02. The number of hydrogen-bond acceptors (Lipinski definition) is 5. The predicted molar refractivity (Wildman–Crippen MR) is 99.9 cm³/mol. The highest BCUT2D eigenvalue weighted by molar-refractivity contribution is 9.10. The van der Waals surface area contributed by atoms with Gasteiger partial charge in [0.05, 0.1) is 20.3 Å². The van der Waals surface area contributed by atoms with Crippen molar-refractivity contribution in [3.8, 4) is 23.0 Å². The van der Waals surface area contributed by atoms with Gasteiger partial charge in [0.2, 0.25) is 6.41 Å². The Morgan fingerprint density at radius 1 is 1.15 bits per heavy atom. The molecule has 2 aromatic rings. The lowest BCUT2D eigenvalue weighted by Crippen LogP contribution is -2.35. The van der Waals surface area contributed by atoms with E-state index in [0.717, 1.165) is 27.6 Å². The number of aromatic hydroxyl groups is 2. The van der Waals surface area contributed by atoms with Crippen LogP contribution in [0.25, 0.3) is 0 Å². The first-order chi connectivity index (χ1) is 12.5. The molecule has 26 heavy (non-hydrogen) atoms. The van der Waals surface area contributed by atoms with Crippen LogP contribution >= 0.6 is 15.9 Å². The van der Waals surface area contributed by atoms with Crippen molar-refractivity contribution < 1.29 is 24.5 Å². The SMILES string of the molecule is COc1cc(Br)c(CC2c3cc(O)c(OC)cc3CCN2C=O)cc1O. The van der Waals surface area contributed by atoms with Crippen LogP contribution in [0.5, 0.6) is 23.0 Å². The van der Waals surface area contributed by atoms with Crippen LogP contribution in [0.4, 0.5) is 0 Å². The molecule has 1 heterocycles. The summed E-state index contributed by atoms with van der Waals surface area (Å²) in [6.07, 6.45) is 2.00. The van der Waals surface area contributed by atoms with Crippen LogP contribution in [-0.2, 0) is 17.6 Å². The standard InChI is InChI=1S/C19H20BrNO5/c1-25-18-7-11-3-4-21(10-22)15(13(11)8-17(18)24)5-12-6-16(23)19(26-2)9-14(12)20/h6-10,15,23-24H,3-5H2,1-2H3. The minimum atomic E-state index is -0.253. The van der Waals surface area contributed by atoms with Crippen molar-refractivity contribution >= 4 is 22.3 Å². The number of carbonyl (C=O) groups excluding carboxylic acids is 1. The number of methoxy groups -OCH3 is 2. The lowest BCUT2D eigenvalue weighted by Gasteiger charge is -2.35. The quantitative estimate of drug-likeness (QED) is 0.724. The molecule has 1 amide bonds. The summed E-state index contributed by atoms with van der Waals surface area (Å²) in [5, 5.41) is 20.3. The van der Waals surface area contributed by atoms with Crippen LogP contribution in [0, 0.1) is 0 Å². The molecule has 3 rings (SSSR count). The van der Waals surface area contributed by atoms with Crippen LogP contribution in [0.2, 0.25) is 0 Å². The summed E-state index contributed by atoms with van der Waals surface area (Å²) in [6, 6.07) is 6.55. The lowest BCUT2D eigenvalue weighted by atomic mass is 9.88. The Bertz CT molecular complexity index is 839. The van der Waals surface area contributed by atoms with Gasteiger partial charge in [0.25, 0.3) is 0 Å². The van der Waals surface area contributed by atoms with Crippen LogP contribution < -0.4 is 9.47 Å². The summed E-state index contributed by atoms with van der Waals surface area (Å²) in [5.41, 5.74) is 2.75. The molecule has 2 aromatic carbocycles. The number of phenolic OH excluding ortho intramolecular Hbond substituents is 2. The summed E-state index contributed by atoms with van der Waals surface area (Å²) >= 11 is 3.50. The lowest BCUT2D eigenvalue weighted by molar-refractivity contribution is -0.120. The topological polar surface area (TPSA) is 79.2 Å². The van der Waals surface area contributed by atoms with Crippen LogP contribution in [0.15, 0.2) is 28.7 Å². The highest BCUT2D eigenvalue weighted by atomic mass is 79.9. The third-order valence-corrected chi connectivity index (χ3v) is 5.47. The van der Waals surface area contributed by atoms with Gasteiger partial charge < -0.3 is 24.6 Å². The minimum Gasteiger partial charge on any atom is -0.504 e. The second-order valence-electron chi connectivity index (χ2n) is 6.15. The zero-order valence-electron chi connectivity index (χ0n) is 14.5. The zero-order chi connectivity index (χ0) is 18.8. The molecule has 0 saturated carbocycles. The number of benzene rings is 2. The number of hydrogen-bond donors (Lipinski definition) is 2. The number of fused-ring (bicyclic) bond motifs is 1. The van der Waals surface area contributed by atoms with Gasteiger partial charge in [-0.15, -0.1) is 0 Å². The van der Waals surface area contributed by atoms with Gasteiger partial charge in [-0.25, -0.2) is 0 Å². The second kappa shape index (κ2) is 7.45. The van der Waals surface area contributed by atoms with Gasteiger partial charge in [0.15, 0.2) is 23.0 Å². The highest BCUT2D eigenvalue weighted by Crippen LogP contribution is 2.40. The van der Waals surface area contributed by atoms with E-state index in [1.807, 2.05) is 6.07 Å². The average Bonchev–Trinajstić information content (AvgIpc) is 2.64. The van der Waals surface area contributed by atoms with Crippen molar-refractivity contribution in [1.29, 1.82) is 0 Å². The van der Waals surface area contributed by atoms with Crippen molar-refractivity contribution in [2.45, 2.75) is 18.9 Å². The van der Waals surface area contributed by atoms with E-state index in [9.17, 15) is 15.0 Å². The first kappa shape index (κ1) is 18.4. The molecular formula is C19H20BrNO5. The largest absolute Gasteiger partial charge is 0.504 e. The second-order valence-corrected chi connectivity index (χ2v) is 7.01. The van der Waals surface area contributed by atoms with Crippen molar-refractivity contribution in [2.75, 3.05) is 20.8 Å². The van der Waals surface area contributed by atoms with E-state index in [-0.39, 0.29) is 17.5 Å². The molecule has 1 aliphatic rings. The molecule has 138 valence electrons. The van der Waals surface area contributed by atoms with Crippen molar-refractivity contribution in [3.05, 3.63) is 45.4 Å². The number of nitrogens with zero attached hydrogens (tertiary/aromatic N) is 1. The molecule has 0 bridgehead atoms. The third kappa shape index (κ3) is 3.31. The monoisotopic (exact) mass is 421 g/mol. The van der Waals surface area contributed by atoms with Crippen molar-refractivity contribution in [2.24, 2.45) is 0 Å². The maximum absolute atomic E-state index is 11.6. The Morgan fingerprint density at radius 3 is 2.46 bits per heavy atom. The average molecular weight is 422 g/mol. The van der Waals surface area contributed by atoms with E-state index in [1.54, 1.807) is 23.1 Å². The fourth-order valence-electron chi connectivity index (χ4n) is 3.37. The van der Waals surface area contributed by atoms with Crippen LogP contribution in [0.1, 0.15) is 22.7 Å². The molecular weight excluding hydrogens is 402 g/mol. The number of ether oxygens (including phenoxy) is 2. The van der Waals surface area contributed by atoms with E-state index in [1.165, 1.54) is 14.2 Å². The Kier molecular flexibility index (Phi) is 5.27. The molecule has 0 fully saturated rings. The van der Waals surface area contributed by atoms with Crippen LogP contribution in [-0.4, -0.2) is 42.3 Å². The summed E-state index contributed by atoms with van der Waals surface area (Å²) in [4.78, 5) is 13.3. The van der Waals surface area contributed by atoms with E-state index in [2.05, 4.69) is 15.9 Å². The van der Waals surface area contributed by atoms with Crippen LogP contribution in [0.3, 0.4) is 0 Å². The minimum absolute atomic E-state index is 0.0389. The maximum atomic E-state index is 11.6. The first-order valence-electron chi connectivity index (χ1n) is 8.14. The number of rotatable bonds is 5. The number of carbonyl (C=O) groups is 1. The molecule has 1 unspecified atom stereocenters. The molecule has 7 heteroatoms. The first-order valence-corrected chi connectivity index (χ1v) is 8.94. The van der Waals surface area contributed by atoms with E-state index < -0.39 is 0 Å². The molecule has 0 radical (unpaired) electrons. The number of phenols is 2. The molecule has 2 N–H and O–H groups in total. The van der Waals surface area contributed by atoms with Gasteiger partial charge in [0, 0.05) is 11.0 Å². The predicted octanol–water partition coefficient (Wildman–Crippen LogP) is 3.18. The summed E-state index contributed by atoms with van der Waals surface area (Å²) in [5.74, 6) is 0.877. The van der Waals surface area contributed by atoms with Gasteiger partial charge in [-0.1, -0.05) is 15.9 Å².